The summed E-state index contributed by atoms with van der Waals surface area (Å²) in [5.41, 5.74) is 2.72. The van der Waals surface area contributed by atoms with Crippen molar-refractivity contribution < 1.29 is 4.74 Å². The number of nitrogens with zero attached hydrogens (tertiary/aromatic N) is 2. The molecule has 2 aromatic rings. The number of ether oxygens (including phenoxy) is 1. The van der Waals surface area contributed by atoms with Gasteiger partial charge in [0.1, 0.15) is 5.75 Å². The smallest absolute Gasteiger partial charge is 0.122 e. The minimum atomic E-state index is 0.338. The van der Waals surface area contributed by atoms with Crippen LogP contribution < -0.4 is 10.1 Å². The zero-order valence-electron chi connectivity index (χ0n) is 10.9. The number of aryl methyl sites for hydroxylation is 1. The van der Waals surface area contributed by atoms with Crippen LogP contribution in [0.25, 0.3) is 0 Å². The molecule has 1 aromatic heterocycles. The highest BCUT2D eigenvalue weighted by Gasteiger charge is 2.14. The van der Waals surface area contributed by atoms with Gasteiger partial charge in [0.25, 0.3) is 0 Å². The summed E-state index contributed by atoms with van der Waals surface area (Å²) in [6.07, 6.45) is 5.00. The lowest BCUT2D eigenvalue weighted by Crippen LogP contribution is -2.16. The first-order valence-electron chi connectivity index (χ1n) is 6.56. The molecule has 1 unspecified atom stereocenters. The highest BCUT2D eigenvalue weighted by molar-refractivity contribution is 7.05. The first-order valence-corrected chi connectivity index (χ1v) is 7.33. The van der Waals surface area contributed by atoms with E-state index in [2.05, 4.69) is 33.1 Å². The largest absolute Gasteiger partial charge is 0.493 e. The van der Waals surface area contributed by atoms with E-state index in [1.54, 1.807) is 0 Å². The second kappa shape index (κ2) is 5.67. The zero-order valence-corrected chi connectivity index (χ0v) is 11.7. The number of fused-ring (bicyclic) bond motifs is 1. The molecule has 0 radical (unpaired) electrons. The molecular weight excluding hydrogens is 258 g/mol. The molecule has 1 atom stereocenters. The Morgan fingerprint density at radius 1 is 1.47 bits per heavy atom. The Morgan fingerprint density at radius 3 is 3.21 bits per heavy atom. The van der Waals surface area contributed by atoms with Gasteiger partial charge in [0, 0.05) is 12.5 Å². The second-order valence-corrected chi connectivity index (χ2v) is 5.56. The second-order valence-electron chi connectivity index (χ2n) is 4.74. The summed E-state index contributed by atoms with van der Waals surface area (Å²) in [5.74, 6) is 1.06. The van der Waals surface area contributed by atoms with Gasteiger partial charge in [0.2, 0.25) is 0 Å². The van der Waals surface area contributed by atoms with Gasteiger partial charge in [-0.3, -0.25) is 0 Å². The minimum absolute atomic E-state index is 0.338. The van der Waals surface area contributed by atoms with Gasteiger partial charge in [-0.25, -0.2) is 0 Å². The van der Waals surface area contributed by atoms with Gasteiger partial charge >= 0.3 is 0 Å². The van der Waals surface area contributed by atoms with Crippen molar-refractivity contribution in [1.82, 2.24) is 14.9 Å². The van der Waals surface area contributed by atoms with Gasteiger partial charge in [0.05, 0.1) is 17.7 Å². The molecule has 1 aliphatic rings. The van der Waals surface area contributed by atoms with Crippen LogP contribution in [0.2, 0.25) is 0 Å². The molecule has 4 nitrogen and oxygen atoms in total. The third-order valence-electron chi connectivity index (χ3n) is 3.55. The number of hydrogen-bond acceptors (Lipinski definition) is 5. The molecule has 0 aliphatic carbocycles. The van der Waals surface area contributed by atoms with Crippen LogP contribution in [0.3, 0.4) is 0 Å². The molecule has 5 heteroatoms. The molecule has 19 heavy (non-hydrogen) atoms. The Balaban J connectivity index is 1.65. The maximum atomic E-state index is 5.53. The molecule has 1 aromatic carbocycles. The highest BCUT2D eigenvalue weighted by Crippen LogP contribution is 2.27. The topological polar surface area (TPSA) is 47.0 Å². The quantitative estimate of drug-likeness (QED) is 0.910. The fraction of sp³-hybridized carbons (Fsp3) is 0.429. The lowest BCUT2D eigenvalue weighted by molar-refractivity contribution is 0.357. The van der Waals surface area contributed by atoms with Crippen molar-refractivity contribution in [1.29, 1.82) is 0 Å². The molecule has 0 fully saturated rings. The normalized spacial score (nSPS) is 15.0. The molecule has 0 amide bonds. The Morgan fingerprint density at radius 2 is 2.42 bits per heavy atom. The maximum Gasteiger partial charge on any atom is 0.122 e. The lowest BCUT2D eigenvalue weighted by Gasteiger charge is -2.13. The van der Waals surface area contributed by atoms with Crippen LogP contribution in [0.4, 0.5) is 0 Å². The van der Waals surface area contributed by atoms with Crippen molar-refractivity contribution >= 4 is 11.5 Å². The van der Waals surface area contributed by atoms with E-state index in [9.17, 15) is 0 Å². The molecular formula is C14H17N3OS. The summed E-state index contributed by atoms with van der Waals surface area (Å²) in [5, 5.41) is 7.24. The molecule has 0 saturated carbocycles. The van der Waals surface area contributed by atoms with E-state index in [1.807, 2.05) is 13.2 Å². The number of hydrogen-bond donors (Lipinski definition) is 1. The van der Waals surface area contributed by atoms with Gasteiger partial charge in [-0.1, -0.05) is 16.6 Å². The van der Waals surface area contributed by atoms with Gasteiger partial charge in [-0.05, 0) is 48.6 Å². The predicted octanol–water partition coefficient (Wildman–Crippen LogP) is 2.37. The van der Waals surface area contributed by atoms with Crippen LogP contribution in [0, 0.1) is 0 Å². The van der Waals surface area contributed by atoms with E-state index >= 15 is 0 Å². The Bertz CT molecular complexity index is 542. The van der Waals surface area contributed by atoms with Gasteiger partial charge < -0.3 is 10.1 Å². The monoisotopic (exact) mass is 275 g/mol. The first kappa shape index (κ1) is 12.6. The number of rotatable bonds is 5. The third kappa shape index (κ3) is 2.77. The van der Waals surface area contributed by atoms with Crippen molar-refractivity contribution in [2.45, 2.75) is 25.3 Å². The van der Waals surface area contributed by atoms with E-state index in [1.165, 1.54) is 27.5 Å². The van der Waals surface area contributed by atoms with Gasteiger partial charge in [0.15, 0.2) is 0 Å². The number of benzene rings is 1. The fourth-order valence-corrected chi connectivity index (χ4v) is 3.11. The standard InChI is InChI=1S/C14H17N3OS/c1-15-12(14-9-16-17-19-14)4-2-10-3-5-13-11(8-10)6-7-18-13/h3,5,8-9,12,15H,2,4,6-7H2,1H3. The Hall–Kier alpha value is -1.46. The van der Waals surface area contributed by atoms with Crippen molar-refractivity contribution in [3.8, 4) is 5.75 Å². The number of aromatic nitrogens is 2. The summed E-state index contributed by atoms with van der Waals surface area (Å²) >= 11 is 1.47. The van der Waals surface area contributed by atoms with Crippen LogP contribution >= 0.6 is 11.5 Å². The van der Waals surface area contributed by atoms with E-state index in [4.69, 9.17) is 4.74 Å². The summed E-state index contributed by atoms with van der Waals surface area (Å²) in [6.45, 7) is 0.824. The Kier molecular flexibility index (Phi) is 3.75. The van der Waals surface area contributed by atoms with E-state index in [-0.39, 0.29) is 0 Å². The van der Waals surface area contributed by atoms with E-state index in [0.29, 0.717) is 6.04 Å². The maximum absolute atomic E-state index is 5.53. The first-order chi connectivity index (χ1) is 9.36. The molecule has 0 saturated heterocycles. The van der Waals surface area contributed by atoms with Crippen LogP contribution in [-0.2, 0) is 12.8 Å². The molecule has 0 bridgehead atoms. The highest BCUT2D eigenvalue weighted by atomic mass is 32.1. The Labute approximate surface area is 117 Å². The van der Waals surface area contributed by atoms with E-state index in [0.717, 1.165) is 31.6 Å². The van der Waals surface area contributed by atoms with Crippen LogP contribution in [-0.4, -0.2) is 23.2 Å². The molecule has 100 valence electrons. The fourth-order valence-electron chi connectivity index (χ4n) is 2.46. The van der Waals surface area contributed by atoms with Crippen molar-refractivity contribution in [2.75, 3.05) is 13.7 Å². The summed E-state index contributed by atoms with van der Waals surface area (Å²) < 4.78 is 9.46. The predicted molar refractivity (Wildman–Crippen MR) is 75.7 cm³/mol. The van der Waals surface area contributed by atoms with Crippen molar-refractivity contribution in [2.24, 2.45) is 0 Å². The minimum Gasteiger partial charge on any atom is -0.493 e. The molecule has 2 heterocycles. The summed E-state index contributed by atoms with van der Waals surface area (Å²) in [4.78, 5) is 1.20. The van der Waals surface area contributed by atoms with Crippen LogP contribution in [0.15, 0.2) is 24.4 Å². The molecule has 1 aliphatic heterocycles. The van der Waals surface area contributed by atoms with Crippen molar-refractivity contribution in [3.63, 3.8) is 0 Å². The summed E-state index contributed by atoms with van der Waals surface area (Å²) in [6, 6.07) is 6.88. The SMILES string of the molecule is CNC(CCc1ccc2c(c1)CCO2)c1cnns1. The molecule has 1 N–H and O–H groups in total. The van der Waals surface area contributed by atoms with E-state index < -0.39 is 0 Å². The number of nitrogens with one attached hydrogen (secondary N) is 1. The van der Waals surface area contributed by atoms with Crippen LogP contribution in [0.1, 0.15) is 28.5 Å². The molecule has 0 spiro atoms. The van der Waals surface area contributed by atoms with Crippen LogP contribution in [0.5, 0.6) is 5.75 Å². The van der Waals surface area contributed by atoms with Crippen molar-refractivity contribution in [3.05, 3.63) is 40.4 Å². The third-order valence-corrected chi connectivity index (χ3v) is 4.32. The lowest BCUT2D eigenvalue weighted by atomic mass is 10.0. The molecule has 3 rings (SSSR count). The average molecular weight is 275 g/mol. The van der Waals surface area contributed by atoms with Gasteiger partial charge in [-0.15, -0.1) is 5.10 Å². The average Bonchev–Trinajstić information content (AvgIpc) is 3.10. The zero-order chi connectivity index (χ0) is 13.1. The van der Waals surface area contributed by atoms with Gasteiger partial charge in [-0.2, -0.15) is 0 Å². The summed E-state index contributed by atoms with van der Waals surface area (Å²) in [7, 11) is 1.99.